The second-order valence-electron chi connectivity index (χ2n) is 4.45. The lowest BCUT2D eigenvalue weighted by atomic mass is 10.1. The summed E-state index contributed by atoms with van der Waals surface area (Å²) in [6, 6.07) is 9.79. The number of anilines is 2. The zero-order valence-corrected chi connectivity index (χ0v) is 12.3. The summed E-state index contributed by atoms with van der Waals surface area (Å²) >= 11 is 0. The first-order chi connectivity index (χ1) is 9.80. The zero-order chi connectivity index (χ0) is 15.6. The van der Waals surface area contributed by atoms with E-state index in [1.165, 1.54) is 31.2 Å². The Morgan fingerprint density at radius 1 is 1.05 bits per heavy atom. The van der Waals surface area contributed by atoms with Crippen LogP contribution in [0, 0.1) is 6.92 Å². The Morgan fingerprint density at radius 2 is 1.64 bits per heavy atom. The van der Waals surface area contributed by atoms with Gasteiger partial charge in [-0.05, 0) is 36.8 Å². The standard InChI is InChI=1S/C15H12F3NO2.ClH/c1-9-11(15(16,17)18)6-4-8-12(9)19-13-7-3-2-5-10(13)14(20)21;/h2-8,19H,1H3,(H,20,21);1H. The summed E-state index contributed by atoms with van der Waals surface area (Å²) in [7, 11) is 0. The number of nitrogens with one attached hydrogen (secondary N) is 1. The van der Waals surface area contributed by atoms with Gasteiger partial charge in [0, 0.05) is 5.69 Å². The first kappa shape index (κ1) is 17.8. The van der Waals surface area contributed by atoms with E-state index in [9.17, 15) is 18.0 Å². The average molecular weight is 332 g/mol. The summed E-state index contributed by atoms with van der Waals surface area (Å²) in [6.07, 6.45) is -4.45. The lowest BCUT2D eigenvalue weighted by Crippen LogP contribution is -2.09. The van der Waals surface area contributed by atoms with Gasteiger partial charge in [0.2, 0.25) is 0 Å². The molecule has 22 heavy (non-hydrogen) atoms. The van der Waals surface area contributed by atoms with Gasteiger partial charge in [-0.15, -0.1) is 12.4 Å². The largest absolute Gasteiger partial charge is 0.478 e. The third-order valence-electron chi connectivity index (χ3n) is 3.07. The highest BCUT2D eigenvalue weighted by molar-refractivity contribution is 5.95. The van der Waals surface area contributed by atoms with Crippen LogP contribution in [0.5, 0.6) is 0 Å². The number of carboxylic acids is 1. The summed E-state index contributed by atoms with van der Waals surface area (Å²) in [5.74, 6) is -1.15. The van der Waals surface area contributed by atoms with Crippen molar-refractivity contribution in [1.82, 2.24) is 0 Å². The quantitative estimate of drug-likeness (QED) is 0.843. The van der Waals surface area contributed by atoms with Crippen LogP contribution in [0.4, 0.5) is 24.5 Å². The van der Waals surface area contributed by atoms with Crippen molar-refractivity contribution in [2.75, 3.05) is 5.32 Å². The van der Waals surface area contributed by atoms with E-state index in [-0.39, 0.29) is 34.9 Å². The summed E-state index contributed by atoms with van der Waals surface area (Å²) in [6.45, 7) is 1.34. The SMILES string of the molecule is Cc1c(Nc2ccccc2C(=O)O)cccc1C(F)(F)F.Cl. The van der Waals surface area contributed by atoms with Crippen LogP contribution in [0.15, 0.2) is 42.5 Å². The lowest BCUT2D eigenvalue weighted by molar-refractivity contribution is -0.138. The topological polar surface area (TPSA) is 49.3 Å². The van der Waals surface area contributed by atoms with Crippen LogP contribution in [0.3, 0.4) is 0 Å². The van der Waals surface area contributed by atoms with E-state index in [0.29, 0.717) is 0 Å². The first-order valence-corrected chi connectivity index (χ1v) is 6.07. The minimum absolute atomic E-state index is 0. The molecule has 2 N–H and O–H groups in total. The molecule has 118 valence electrons. The van der Waals surface area contributed by atoms with Gasteiger partial charge in [-0.1, -0.05) is 18.2 Å². The Hall–Kier alpha value is -2.21. The molecule has 0 aromatic heterocycles. The summed E-state index contributed by atoms with van der Waals surface area (Å²) < 4.78 is 38.6. The van der Waals surface area contributed by atoms with Gasteiger partial charge in [0.15, 0.2) is 0 Å². The van der Waals surface area contributed by atoms with Gasteiger partial charge in [0.25, 0.3) is 0 Å². The molecule has 7 heteroatoms. The number of rotatable bonds is 3. The van der Waals surface area contributed by atoms with E-state index < -0.39 is 17.7 Å². The van der Waals surface area contributed by atoms with E-state index in [2.05, 4.69) is 5.32 Å². The lowest BCUT2D eigenvalue weighted by Gasteiger charge is -2.16. The second-order valence-corrected chi connectivity index (χ2v) is 4.45. The molecule has 2 rings (SSSR count). The molecule has 2 aromatic rings. The Kier molecular flexibility index (Phi) is 5.43. The molecule has 3 nitrogen and oxygen atoms in total. The molecule has 0 saturated heterocycles. The predicted octanol–water partition coefficient (Wildman–Crippen LogP) is 4.88. The van der Waals surface area contributed by atoms with Crippen molar-refractivity contribution in [3.05, 3.63) is 59.2 Å². The molecule has 0 fully saturated rings. The fraction of sp³-hybridized carbons (Fsp3) is 0.133. The van der Waals surface area contributed by atoms with Crippen molar-refractivity contribution in [2.45, 2.75) is 13.1 Å². The maximum Gasteiger partial charge on any atom is 0.416 e. The van der Waals surface area contributed by atoms with Crippen LogP contribution in [0.2, 0.25) is 0 Å². The summed E-state index contributed by atoms with van der Waals surface area (Å²) in [4.78, 5) is 11.1. The minimum atomic E-state index is -4.45. The number of para-hydroxylation sites is 1. The molecule has 0 unspecified atom stereocenters. The van der Waals surface area contributed by atoms with Crippen molar-refractivity contribution in [1.29, 1.82) is 0 Å². The monoisotopic (exact) mass is 331 g/mol. The molecular formula is C15H13ClF3NO2. The molecule has 0 aliphatic carbocycles. The Balaban J connectivity index is 0.00000242. The predicted molar refractivity (Wildman–Crippen MR) is 80.1 cm³/mol. The number of carbonyl (C=O) groups is 1. The molecule has 0 radical (unpaired) electrons. The van der Waals surface area contributed by atoms with Crippen LogP contribution in [-0.4, -0.2) is 11.1 Å². The van der Waals surface area contributed by atoms with Gasteiger partial charge in [0.1, 0.15) is 0 Å². The molecule has 0 bridgehead atoms. The van der Waals surface area contributed by atoms with E-state index in [1.54, 1.807) is 12.1 Å². The van der Waals surface area contributed by atoms with Gasteiger partial charge in [-0.25, -0.2) is 4.79 Å². The number of carboxylic acid groups (broad SMARTS) is 1. The third kappa shape index (κ3) is 3.71. The van der Waals surface area contributed by atoms with Gasteiger partial charge < -0.3 is 10.4 Å². The van der Waals surface area contributed by atoms with Crippen LogP contribution >= 0.6 is 12.4 Å². The summed E-state index contributed by atoms with van der Waals surface area (Å²) in [5, 5.41) is 11.8. The Labute approximate surface area is 131 Å². The molecule has 0 heterocycles. The van der Waals surface area contributed by atoms with Crippen molar-refractivity contribution in [3.8, 4) is 0 Å². The fourth-order valence-corrected chi connectivity index (χ4v) is 2.00. The number of halogens is 4. The number of aromatic carboxylic acids is 1. The van der Waals surface area contributed by atoms with Crippen LogP contribution < -0.4 is 5.32 Å². The molecule has 2 aromatic carbocycles. The van der Waals surface area contributed by atoms with Gasteiger partial charge in [0.05, 0.1) is 16.8 Å². The normalized spacial score (nSPS) is 10.7. The molecular weight excluding hydrogens is 319 g/mol. The Bertz CT molecular complexity index is 687. The van der Waals surface area contributed by atoms with Crippen molar-refractivity contribution >= 4 is 29.8 Å². The Morgan fingerprint density at radius 3 is 2.23 bits per heavy atom. The van der Waals surface area contributed by atoms with E-state index in [1.807, 2.05) is 0 Å². The maximum absolute atomic E-state index is 12.9. The van der Waals surface area contributed by atoms with Crippen LogP contribution in [0.25, 0.3) is 0 Å². The molecule has 0 aliphatic heterocycles. The van der Waals surface area contributed by atoms with Crippen LogP contribution in [-0.2, 0) is 6.18 Å². The van der Waals surface area contributed by atoms with Crippen molar-refractivity contribution < 1.29 is 23.1 Å². The van der Waals surface area contributed by atoms with Crippen LogP contribution in [0.1, 0.15) is 21.5 Å². The minimum Gasteiger partial charge on any atom is -0.478 e. The smallest absolute Gasteiger partial charge is 0.416 e. The molecule has 0 atom stereocenters. The second kappa shape index (κ2) is 6.70. The number of hydrogen-bond donors (Lipinski definition) is 2. The molecule has 0 aliphatic rings. The van der Waals surface area contributed by atoms with Gasteiger partial charge in [-0.3, -0.25) is 0 Å². The van der Waals surface area contributed by atoms with E-state index in [4.69, 9.17) is 5.11 Å². The van der Waals surface area contributed by atoms with Crippen molar-refractivity contribution in [2.24, 2.45) is 0 Å². The number of alkyl halides is 3. The highest BCUT2D eigenvalue weighted by Crippen LogP contribution is 2.35. The average Bonchev–Trinajstić information content (AvgIpc) is 2.40. The highest BCUT2D eigenvalue weighted by Gasteiger charge is 2.32. The van der Waals surface area contributed by atoms with E-state index >= 15 is 0 Å². The molecule has 0 amide bonds. The highest BCUT2D eigenvalue weighted by atomic mass is 35.5. The van der Waals surface area contributed by atoms with E-state index in [0.717, 1.165) is 6.07 Å². The zero-order valence-electron chi connectivity index (χ0n) is 11.4. The third-order valence-corrected chi connectivity index (χ3v) is 3.07. The number of benzene rings is 2. The van der Waals surface area contributed by atoms with Gasteiger partial charge in [-0.2, -0.15) is 13.2 Å². The first-order valence-electron chi connectivity index (χ1n) is 6.07. The summed E-state index contributed by atoms with van der Waals surface area (Å²) in [5.41, 5.74) is -0.272. The molecule has 0 spiro atoms. The fourth-order valence-electron chi connectivity index (χ4n) is 2.00. The maximum atomic E-state index is 12.9. The van der Waals surface area contributed by atoms with Crippen molar-refractivity contribution in [3.63, 3.8) is 0 Å². The molecule has 0 saturated carbocycles. The van der Waals surface area contributed by atoms with Gasteiger partial charge >= 0.3 is 12.1 Å². The number of hydrogen-bond acceptors (Lipinski definition) is 2.